The number of fused-ring (bicyclic) bond motifs is 1. The van der Waals surface area contributed by atoms with Gasteiger partial charge in [-0.25, -0.2) is 14.2 Å². The monoisotopic (exact) mass is 382 g/mol. The molecule has 2 aromatic carbocycles. The molecule has 144 valence electrons. The maximum Gasteiger partial charge on any atom is 0.437 e. The molecule has 1 unspecified atom stereocenters. The molecule has 0 radical (unpaired) electrons. The summed E-state index contributed by atoms with van der Waals surface area (Å²) in [6, 6.07) is 9.50. The predicted molar refractivity (Wildman–Crippen MR) is 101 cm³/mol. The van der Waals surface area contributed by atoms with Gasteiger partial charge in [0.15, 0.2) is 0 Å². The minimum Gasteiger partial charge on any atom is -0.389 e. The van der Waals surface area contributed by atoms with Crippen molar-refractivity contribution in [2.45, 2.75) is 33.0 Å². The Labute approximate surface area is 159 Å². The second-order valence-corrected chi connectivity index (χ2v) is 6.84. The molecular formula is C20H19FN4O3. The van der Waals surface area contributed by atoms with Crippen LogP contribution < -0.4 is 5.76 Å². The van der Waals surface area contributed by atoms with Gasteiger partial charge in [0.05, 0.1) is 36.6 Å². The van der Waals surface area contributed by atoms with E-state index in [0.717, 1.165) is 26.8 Å². The van der Waals surface area contributed by atoms with Gasteiger partial charge in [-0.2, -0.15) is 4.68 Å². The second-order valence-electron chi connectivity index (χ2n) is 6.84. The van der Waals surface area contributed by atoms with E-state index in [9.17, 15) is 14.3 Å². The third-order valence-corrected chi connectivity index (χ3v) is 4.73. The van der Waals surface area contributed by atoms with Gasteiger partial charge in [0.2, 0.25) is 5.89 Å². The lowest BCUT2D eigenvalue weighted by Crippen LogP contribution is -2.27. The third-order valence-electron chi connectivity index (χ3n) is 4.73. The van der Waals surface area contributed by atoms with E-state index in [1.807, 2.05) is 30.5 Å². The standard InChI is InChI=1S/C20H19FN4O3/c1-12-7-17-18(8-13(12)2)24(11-22-17)9-16(26)10-25-20(27)28-19(23-25)14-3-5-15(21)6-4-14/h3-8,11,16,26H,9-10H2,1-2H3. The average Bonchev–Trinajstić information content (AvgIpc) is 3.20. The van der Waals surface area contributed by atoms with E-state index in [-0.39, 0.29) is 24.8 Å². The molecule has 0 amide bonds. The van der Waals surface area contributed by atoms with Crippen LogP contribution in [0, 0.1) is 19.7 Å². The predicted octanol–water partition coefficient (Wildman–Crippen LogP) is 2.67. The number of aliphatic hydroxyl groups excluding tert-OH is 1. The van der Waals surface area contributed by atoms with Crippen LogP contribution in [0.2, 0.25) is 0 Å². The van der Waals surface area contributed by atoms with Crippen LogP contribution in [0.1, 0.15) is 11.1 Å². The first-order chi connectivity index (χ1) is 13.4. The number of rotatable bonds is 5. The lowest BCUT2D eigenvalue weighted by Gasteiger charge is -2.11. The molecule has 4 rings (SSSR count). The van der Waals surface area contributed by atoms with Crippen molar-refractivity contribution in [3.63, 3.8) is 0 Å². The zero-order valence-corrected chi connectivity index (χ0v) is 15.5. The number of halogens is 1. The summed E-state index contributed by atoms with van der Waals surface area (Å²) in [5.74, 6) is -0.990. The lowest BCUT2D eigenvalue weighted by atomic mass is 10.1. The van der Waals surface area contributed by atoms with E-state index in [1.54, 1.807) is 6.33 Å². The first-order valence-corrected chi connectivity index (χ1v) is 8.85. The molecule has 0 fully saturated rings. The summed E-state index contributed by atoms with van der Waals surface area (Å²) in [5, 5.41) is 14.6. The van der Waals surface area contributed by atoms with Crippen LogP contribution in [0.5, 0.6) is 0 Å². The van der Waals surface area contributed by atoms with Crippen LogP contribution in [0.15, 0.2) is 51.9 Å². The zero-order valence-electron chi connectivity index (χ0n) is 15.5. The molecule has 0 aliphatic heterocycles. The van der Waals surface area contributed by atoms with Crippen LogP contribution in [-0.2, 0) is 13.1 Å². The minimum absolute atomic E-state index is 0.0337. The molecule has 0 saturated heterocycles. The summed E-state index contributed by atoms with van der Waals surface area (Å²) in [6.07, 6.45) is 0.797. The highest BCUT2D eigenvalue weighted by Crippen LogP contribution is 2.19. The van der Waals surface area contributed by atoms with E-state index in [4.69, 9.17) is 4.42 Å². The Morgan fingerprint density at radius 2 is 1.86 bits per heavy atom. The van der Waals surface area contributed by atoms with Gasteiger partial charge in [-0.3, -0.25) is 0 Å². The molecule has 2 heterocycles. The SMILES string of the molecule is Cc1cc2ncn(CC(O)Cn3nc(-c4ccc(F)cc4)oc3=O)c2cc1C. The Bertz CT molecular complexity index is 1190. The number of aromatic nitrogens is 4. The Morgan fingerprint density at radius 1 is 1.14 bits per heavy atom. The highest BCUT2D eigenvalue weighted by molar-refractivity contribution is 5.77. The van der Waals surface area contributed by atoms with Gasteiger partial charge in [0.25, 0.3) is 0 Å². The first kappa shape index (κ1) is 18.1. The molecule has 8 heteroatoms. The summed E-state index contributed by atoms with van der Waals surface area (Å²) >= 11 is 0. The molecule has 4 aromatic rings. The van der Waals surface area contributed by atoms with Crippen molar-refractivity contribution < 1.29 is 13.9 Å². The smallest absolute Gasteiger partial charge is 0.389 e. The van der Waals surface area contributed by atoms with Gasteiger partial charge in [0, 0.05) is 5.56 Å². The van der Waals surface area contributed by atoms with E-state index in [0.29, 0.717) is 5.56 Å². The summed E-state index contributed by atoms with van der Waals surface area (Å²) in [4.78, 5) is 16.4. The lowest BCUT2D eigenvalue weighted by molar-refractivity contribution is 0.128. The summed E-state index contributed by atoms with van der Waals surface area (Å²) < 4.78 is 21.1. The number of hydrogen-bond acceptors (Lipinski definition) is 5. The van der Waals surface area contributed by atoms with Crippen molar-refractivity contribution in [3.05, 3.63) is 70.2 Å². The molecule has 28 heavy (non-hydrogen) atoms. The molecule has 1 N–H and O–H groups in total. The Morgan fingerprint density at radius 3 is 2.61 bits per heavy atom. The summed E-state index contributed by atoms with van der Waals surface area (Å²) in [6.45, 7) is 4.27. The molecule has 7 nitrogen and oxygen atoms in total. The fourth-order valence-corrected chi connectivity index (χ4v) is 3.07. The van der Waals surface area contributed by atoms with E-state index < -0.39 is 11.9 Å². The highest BCUT2D eigenvalue weighted by Gasteiger charge is 2.15. The molecule has 1 atom stereocenters. The van der Waals surface area contributed by atoms with Crippen molar-refractivity contribution >= 4 is 11.0 Å². The molecule has 0 aliphatic carbocycles. The van der Waals surface area contributed by atoms with Crippen molar-refractivity contribution in [2.24, 2.45) is 0 Å². The van der Waals surface area contributed by atoms with Gasteiger partial charge in [-0.1, -0.05) is 0 Å². The van der Waals surface area contributed by atoms with E-state index in [2.05, 4.69) is 10.1 Å². The number of hydrogen-bond donors (Lipinski definition) is 1. The number of aliphatic hydroxyl groups is 1. The van der Waals surface area contributed by atoms with Crippen LogP contribution in [-0.4, -0.2) is 30.5 Å². The van der Waals surface area contributed by atoms with Crippen molar-refractivity contribution in [2.75, 3.05) is 0 Å². The fourth-order valence-electron chi connectivity index (χ4n) is 3.07. The molecule has 0 spiro atoms. The van der Waals surface area contributed by atoms with Crippen LogP contribution in [0.4, 0.5) is 4.39 Å². The first-order valence-electron chi connectivity index (χ1n) is 8.85. The maximum atomic E-state index is 13.0. The van der Waals surface area contributed by atoms with Crippen LogP contribution in [0.25, 0.3) is 22.5 Å². The average molecular weight is 382 g/mol. The number of nitrogens with zero attached hydrogens (tertiary/aromatic N) is 4. The van der Waals surface area contributed by atoms with Crippen molar-refractivity contribution in [1.29, 1.82) is 0 Å². The number of benzene rings is 2. The zero-order chi connectivity index (χ0) is 19.8. The van der Waals surface area contributed by atoms with Crippen molar-refractivity contribution in [1.82, 2.24) is 19.3 Å². The fraction of sp³-hybridized carbons (Fsp3) is 0.250. The molecule has 0 aliphatic rings. The van der Waals surface area contributed by atoms with Gasteiger partial charge in [-0.15, -0.1) is 5.10 Å². The summed E-state index contributed by atoms with van der Waals surface area (Å²) in [7, 11) is 0. The molecule has 0 bridgehead atoms. The number of imidazole rings is 1. The van der Waals surface area contributed by atoms with Crippen LogP contribution in [0.3, 0.4) is 0 Å². The maximum absolute atomic E-state index is 13.0. The van der Waals surface area contributed by atoms with Crippen LogP contribution >= 0.6 is 0 Å². The van der Waals surface area contributed by atoms with E-state index >= 15 is 0 Å². The normalized spacial score (nSPS) is 12.6. The third kappa shape index (κ3) is 3.46. The Balaban J connectivity index is 1.53. The van der Waals surface area contributed by atoms with Gasteiger partial charge in [0.1, 0.15) is 5.82 Å². The summed E-state index contributed by atoms with van der Waals surface area (Å²) in [5.41, 5.74) is 4.55. The molecular weight excluding hydrogens is 363 g/mol. The topological polar surface area (TPSA) is 86.1 Å². The molecule has 2 aromatic heterocycles. The number of aryl methyl sites for hydroxylation is 2. The highest BCUT2D eigenvalue weighted by atomic mass is 19.1. The Hall–Kier alpha value is -3.26. The molecule has 0 saturated carbocycles. The quantitative estimate of drug-likeness (QED) is 0.574. The minimum atomic E-state index is -0.872. The van der Waals surface area contributed by atoms with Gasteiger partial charge < -0.3 is 14.1 Å². The largest absolute Gasteiger partial charge is 0.437 e. The second kappa shape index (κ2) is 7.05. The van der Waals surface area contributed by atoms with Gasteiger partial charge >= 0.3 is 5.76 Å². The Kier molecular flexibility index (Phi) is 4.56. The van der Waals surface area contributed by atoms with Gasteiger partial charge in [-0.05, 0) is 61.4 Å². The van der Waals surface area contributed by atoms with E-state index in [1.165, 1.54) is 24.3 Å². The van der Waals surface area contributed by atoms with Crippen molar-refractivity contribution in [3.8, 4) is 11.5 Å².